The van der Waals surface area contributed by atoms with Gasteiger partial charge in [0.2, 0.25) is 0 Å². The second-order valence-electron chi connectivity index (χ2n) is 4.42. The van der Waals surface area contributed by atoms with Crippen LogP contribution in [0.1, 0.15) is 43.2 Å². The quantitative estimate of drug-likeness (QED) is 0.870. The molecule has 0 unspecified atom stereocenters. The summed E-state index contributed by atoms with van der Waals surface area (Å²) < 4.78 is 5.97. The third-order valence-electron chi connectivity index (χ3n) is 3.05. The highest BCUT2D eigenvalue weighted by molar-refractivity contribution is 5.82. The summed E-state index contributed by atoms with van der Waals surface area (Å²) in [4.78, 5) is 29.3. The van der Waals surface area contributed by atoms with E-state index in [-0.39, 0.29) is 11.7 Å². The molecule has 0 aliphatic rings. The van der Waals surface area contributed by atoms with Crippen LogP contribution in [0, 0.1) is 0 Å². The van der Waals surface area contributed by atoms with E-state index < -0.39 is 0 Å². The maximum absolute atomic E-state index is 11.9. The molecular weight excluding hydrogens is 258 g/mol. The molecule has 110 valence electrons. The molecule has 0 amide bonds. The van der Waals surface area contributed by atoms with Crippen LogP contribution in [0.5, 0.6) is 0 Å². The molecule has 0 aliphatic heterocycles. The Labute approximate surface area is 117 Å². The fourth-order valence-corrected chi connectivity index (χ4v) is 2.12. The molecule has 2 aromatic heterocycles. The van der Waals surface area contributed by atoms with Gasteiger partial charge in [-0.2, -0.15) is 0 Å². The minimum atomic E-state index is -0.140. The Bertz CT molecular complexity index is 612. The number of methoxy groups -OCH3 is 1. The first-order valence-electron chi connectivity index (χ1n) is 6.58. The fraction of sp³-hybridized carbons (Fsp3) is 0.500. The van der Waals surface area contributed by atoms with Gasteiger partial charge in [0.1, 0.15) is 5.69 Å². The third kappa shape index (κ3) is 3.33. The number of nitrogens with zero attached hydrogens (tertiary/aromatic N) is 2. The third-order valence-corrected chi connectivity index (χ3v) is 3.05. The SMILES string of the molecule is CCC(CC)n1c(=O)[nH]c2cc(C=O)ncc21.COC. The number of aromatic nitrogens is 3. The number of aromatic amines is 1. The molecule has 0 atom stereocenters. The van der Waals surface area contributed by atoms with Crippen LogP contribution < -0.4 is 5.69 Å². The molecule has 0 fully saturated rings. The maximum Gasteiger partial charge on any atom is 0.326 e. The number of fused-ring (bicyclic) bond motifs is 1. The molecule has 1 N–H and O–H groups in total. The number of hydrogen-bond donors (Lipinski definition) is 1. The number of nitrogens with one attached hydrogen (secondary N) is 1. The number of hydrogen-bond acceptors (Lipinski definition) is 4. The average Bonchev–Trinajstić information content (AvgIpc) is 2.77. The molecule has 6 heteroatoms. The fourth-order valence-electron chi connectivity index (χ4n) is 2.12. The van der Waals surface area contributed by atoms with Gasteiger partial charge in [-0.25, -0.2) is 4.79 Å². The van der Waals surface area contributed by atoms with Gasteiger partial charge in [0.15, 0.2) is 6.29 Å². The number of aldehydes is 1. The second kappa shape index (κ2) is 7.59. The van der Waals surface area contributed by atoms with E-state index in [1.54, 1.807) is 31.0 Å². The Morgan fingerprint density at radius 1 is 1.40 bits per heavy atom. The predicted octanol–water partition coefficient (Wildman–Crippen LogP) is 2.16. The summed E-state index contributed by atoms with van der Waals surface area (Å²) in [7, 11) is 3.25. The van der Waals surface area contributed by atoms with E-state index in [4.69, 9.17) is 0 Å². The molecule has 0 radical (unpaired) electrons. The van der Waals surface area contributed by atoms with Gasteiger partial charge in [0.25, 0.3) is 0 Å². The molecule has 0 aliphatic carbocycles. The number of rotatable bonds is 4. The number of carbonyl (C=O) groups excluding carboxylic acids is 1. The van der Waals surface area contributed by atoms with Crippen molar-refractivity contribution >= 4 is 17.3 Å². The van der Waals surface area contributed by atoms with Crippen molar-refractivity contribution in [2.24, 2.45) is 0 Å². The molecule has 0 saturated heterocycles. The Morgan fingerprint density at radius 2 is 2.00 bits per heavy atom. The van der Waals surface area contributed by atoms with Crippen LogP contribution >= 0.6 is 0 Å². The first-order valence-corrected chi connectivity index (χ1v) is 6.58. The standard InChI is InChI=1S/C12H15N3O2.C2H6O/c1-3-9(4-2)15-11-6-13-8(7-16)5-10(11)14-12(15)17;1-3-2/h5-7,9H,3-4H2,1-2H3,(H,14,17);1-2H3. The zero-order valence-corrected chi connectivity index (χ0v) is 12.3. The monoisotopic (exact) mass is 279 g/mol. The van der Waals surface area contributed by atoms with Gasteiger partial charge in [0, 0.05) is 20.3 Å². The van der Waals surface area contributed by atoms with E-state index >= 15 is 0 Å². The number of carbonyl (C=O) groups is 1. The van der Waals surface area contributed by atoms with Crippen molar-refractivity contribution in [3.8, 4) is 0 Å². The van der Waals surface area contributed by atoms with Crippen LogP contribution in [-0.2, 0) is 4.74 Å². The van der Waals surface area contributed by atoms with Gasteiger partial charge in [0.05, 0.1) is 17.2 Å². The highest BCUT2D eigenvalue weighted by atomic mass is 16.4. The van der Waals surface area contributed by atoms with Gasteiger partial charge in [-0.05, 0) is 18.9 Å². The first-order chi connectivity index (χ1) is 9.62. The summed E-state index contributed by atoms with van der Waals surface area (Å²) in [5.74, 6) is 0. The highest BCUT2D eigenvalue weighted by Crippen LogP contribution is 2.19. The largest absolute Gasteiger partial charge is 0.388 e. The number of imidazole rings is 1. The molecule has 2 rings (SSSR count). The average molecular weight is 279 g/mol. The van der Waals surface area contributed by atoms with Crippen LogP contribution in [0.25, 0.3) is 11.0 Å². The Kier molecular flexibility index (Phi) is 6.11. The highest BCUT2D eigenvalue weighted by Gasteiger charge is 2.14. The smallest absolute Gasteiger partial charge is 0.326 e. The van der Waals surface area contributed by atoms with Crippen molar-refractivity contribution in [1.29, 1.82) is 0 Å². The van der Waals surface area contributed by atoms with E-state index in [0.717, 1.165) is 18.4 Å². The topological polar surface area (TPSA) is 77.0 Å². The molecule has 0 saturated carbocycles. The van der Waals surface area contributed by atoms with Crippen LogP contribution in [0.2, 0.25) is 0 Å². The van der Waals surface area contributed by atoms with Crippen LogP contribution in [0.15, 0.2) is 17.1 Å². The zero-order valence-electron chi connectivity index (χ0n) is 12.3. The zero-order chi connectivity index (χ0) is 15.1. The minimum absolute atomic E-state index is 0.140. The normalized spacial score (nSPS) is 10.4. The Hall–Kier alpha value is -1.95. The molecule has 0 spiro atoms. The summed E-state index contributed by atoms with van der Waals surface area (Å²) in [6.45, 7) is 4.10. The van der Waals surface area contributed by atoms with Crippen molar-refractivity contribution in [3.63, 3.8) is 0 Å². The van der Waals surface area contributed by atoms with Gasteiger partial charge in [-0.1, -0.05) is 13.8 Å². The van der Waals surface area contributed by atoms with Crippen LogP contribution in [0.4, 0.5) is 0 Å². The van der Waals surface area contributed by atoms with E-state index in [2.05, 4.69) is 14.7 Å². The number of ether oxygens (including phenoxy) is 1. The van der Waals surface area contributed by atoms with Crippen molar-refractivity contribution in [1.82, 2.24) is 14.5 Å². The van der Waals surface area contributed by atoms with Crippen molar-refractivity contribution in [3.05, 3.63) is 28.4 Å². The van der Waals surface area contributed by atoms with Gasteiger partial charge >= 0.3 is 5.69 Å². The van der Waals surface area contributed by atoms with E-state index in [1.807, 2.05) is 13.8 Å². The van der Waals surface area contributed by atoms with E-state index in [0.29, 0.717) is 17.5 Å². The van der Waals surface area contributed by atoms with Gasteiger partial charge in [-0.15, -0.1) is 0 Å². The number of H-pyrrole nitrogens is 1. The lowest BCUT2D eigenvalue weighted by Crippen LogP contribution is -2.21. The molecule has 2 aromatic rings. The second-order valence-corrected chi connectivity index (χ2v) is 4.42. The minimum Gasteiger partial charge on any atom is -0.388 e. The first kappa shape index (κ1) is 16.1. The summed E-state index contributed by atoms with van der Waals surface area (Å²) in [6, 6.07) is 1.77. The van der Waals surface area contributed by atoms with Crippen molar-refractivity contribution in [2.45, 2.75) is 32.7 Å². The molecule has 20 heavy (non-hydrogen) atoms. The van der Waals surface area contributed by atoms with Crippen LogP contribution in [-0.4, -0.2) is 35.0 Å². The lowest BCUT2D eigenvalue weighted by Gasteiger charge is -2.13. The van der Waals surface area contributed by atoms with Crippen molar-refractivity contribution in [2.75, 3.05) is 14.2 Å². The predicted molar refractivity (Wildman–Crippen MR) is 78.3 cm³/mol. The van der Waals surface area contributed by atoms with Crippen LogP contribution in [0.3, 0.4) is 0 Å². The molecule has 0 bridgehead atoms. The summed E-state index contributed by atoms with van der Waals surface area (Å²) in [5, 5.41) is 0. The summed E-state index contributed by atoms with van der Waals surface area (Å²) >= 11 is 0. The molecular formula is C14H21N3O3. The Morgan fingerprint density at radius 3 is 2.50 bits per heavy atom. The van der Waals surface area contributed by atoms with E-state index in [1.165, 1.54) is 0 Å². The van der Waals surface area contributed by atoms with Gasteiger partial charge in [-0.3, -0.25) is 14.3 Å². The molecule has 0 aromatic carbocycles. The lowest BCUT2D eigenvalue weighted by molar-refractivity contribution is 0.111. The summed E-state index contributed by atoms with van der Waals surface area (Å²) in [5.41, 5.74) is 1.61. The molecule has 6 nitrogen and oxygen atoms in total. The molecule has 2 heterocycles. The van der Waals surface area contributed by atoms with E-state index in [9.17, 15) is 9.59 Å². The summed E-state index contributed by atoms with van der Waals surface area (Å²) in [6.07, 6.45) is 4.03. The van der Waals surface area contributed by atoms with Gasteiger partial charge < -0.3 is 9.72 Å². The number of pyridine rings is 1. The lowest BCUT2D eigenvalue weighted by atomic mass is 10.1. The maximum atomic E-state index is 11.9. The Balaban J connectivity index is 0.000000612. The van der Waals surface area contributed by atoms with Crippen molar-refractivity contribution < 1.29 is 9.53 Å².